The van der Waals surface area contributed by atoms with Crippen molar-refractivity contribution < 1.29 is 14.3 Å². The average Bonchev–Trinajstić information content (AvgIpc) is 3.47. The normalized spacial score (nSPS) is 14.5. The van der Waals surface area contributed by atoms with E-state index in [1.165, 1.54) is 11.3 Å². The molecule has 1 saturated heterocycles. The van der Waals surface area contributed by atoms with Gasteiger partial charge in [0.15, 0.2) is 10.6 Å². The van der Waals surface area contributed by atoms with Crippen LogP contribution in [0.25, 0.3) is 20.9 Å². The van der Waals surface area contributed by atoms with Gasteiger partial charge in [-0.2, -0.15) is 0 Å². The van der Waals surface area contributed by atoms with Gasteiger partial charge >= 0.3 is 0 Å². The highest BCUT2D eigenvalue weighted by Crippen LogP contribution is 2.32. The van der Waals surface area contributed by atoms with Crippen molar-refractivity contribution in [3.8, 4) is 10.7 Å². The summed E-state index contributed by atoms with van der Waals surface area (Å²) in [5, 5.41) is 5.59. The standard InChI is InChI=1S/C22H21N5O3S3/c28-19(11-15-13-32-21(26-15)17-12-23-5-6-24-17)25-14-2-3-16-18(10-14)33-22(27-16)31-9-4-20-29-7-1-8-30-20/h2-3,5-6,10,12-13,20H,1,4,7-9,11H2,(H,25,28). The third kappa shape index (κ3) is 5.92. The number of aromatic nitrogens is 4. The fourth-order valence-corrected chi connectivity index (χ4v) is 6.19. The molecule has 33 heavy (non-hydrogen) atoms. The summed E-state index contributed by atoms with van der Waals surface area (Å²) in [5.41, 5.74) is 3.10. The van der Waals surface area contributed by atoms with Gasteiger partial charge in [0.25, 0.3) is 0 Å². The van der Waals surface area contributed by atoms with Crippen LogP contribution in [0.2, 0.25) is 0 Å². The molecule has 11 heteroatoms. The predicted molar refractivity (Wildman–Crippen MR) is 131 cm³/mol. The number of thiazole rings is 2. The van der Waals surface area contributed by atoms with Crippen molar-refractivity contribution in [1.82, 2.24) is 19.9 Å². The molecular formula is C22H21N5O3S3. The first-order valence-electron chi connectivity index (χ1n) is 10.5. The number of nitrogens with zero attached hydrogens (tertiary/aromatic N) is 4. The molecule has 170 valence electrons. The Morgan fingerprint density at radius 1 is 1.21 bits per heavy atom. The second-order valence-electron chi connectivity index (χ2n) is 7.28. The Bertz CT molecular complexity index is 1220. The molecule has 4 heterocycles. The van der Waals surface area contributed by atoms with Crippen LogP contribution in [-0.2, 0) is 20.7 Å². The van der Waals surface area contributed by atoms with Gasteiger partial charge in [-0.15, -0.1) is 22.7 Å². The smallest absolute Gasteiger partial charge is 0.230 e. The van der Waals surface area contributed by atoms with E-state index in [1.54, 1.807) is 41.7 Å². The highest BCUT2D eigenvalue weighted by Gasteiger charge is 2.15. The van der Waals surface area contributed by atoms with Crippen LogP contribution in [0.3, 0.4) is 0 Å². The second kappa shape index (κ2) is 10.7. The van der Waals surface area contributed by atoms with E-state index in [0.717, 1.165) is 57.1 Å². The molecule has 4 aromatic rings. The number of rotatable bonds is 8. The number of carbonyl (C=O) groups excluding carboxylic acids is 1. The number of carbonyl (C=O) groups is 1. The summed E-state index contributed by atoms with van der Waals surface area (Å²) in [6.45, 7) is 1.55. The van der Waals surface area contributed by atoms with Crippen LogP contribution in [-0.4, -0.2) is 51.1 Å². The van der Waals surface area contributed by atoms with E-state index in [9.17, 15) is 4.79 Å². The minimum absolute atomic E-state index is 0.100. The van der Waals surface area contributed by atoms with Crippen molar-refractivity contribution in [2.75, 3.05) is 24.3 Å². The number of ether oxygens (including phenoxy) is 2. The van der Waals surface area contributed by atoms with Gasteiger partial charge < -0.3 is 14.8 Å². The van der Waals surface area contributed by atoms with Crippen LogP contribution in [0, 0.1) is 0 Å². The molecule has 0 radical (unpaired) electrons. The van der Waals surface area contributed by atoms with Crippen molar-refractivity contribution in [2.45, 2.75) is 29.9 Å². The summed E-state index contributed by atoms with van der Waals surface area (Å²) >= 11 is 4.78. The Hall–Kier alpha value is -2.44. The molecule has 5 rings (SSSR count). The molecule has 1 aliphatic rings. The van der Waals surface area contributed by atoms with Gasteiger partial charge in [-0.05, 0) is 24.6 Å². The van der Waals surface area contributed by atoms with Gasteiger partial charge in [-0.3, -0.25) is 14.8 Å². The van der Waals surface area contributed by atoms with Crippen molar-refractivity contribution in [3.05, 3.63) is 47.9 Å². The first-order valence-corrected chi connectivity index (χ1v) is 13.2. The van der Waals surface area contributed by atoms with Crippen LogP contribution in [0.15, 0.2) is 46.5 Å². The fraction of sp³-hybridized carbons (Fsp3) is 0.318. The lowest BCUT2D eigenvalue weighted by molar-refractivity contribution is -0.178. The van der Waals surface area contributed by atoms with Crippen molar-refractivity contribution >= 4 is 56.2 Å². The van der Waals surface area contributed by atoms with Gasteiger partial charge in [0.2, 0.25) is 5.91 Å². The third-order valence-electron chi connectivity index (χ3n) is 4.80. The van der Waals surface area contributed by atoms with Gasteiger partial charge in [-0.1, -0.05) is 11.8 Å². The first kappa shape index (κ1) is 22.4. The Morgan fingerprint density at radius 3 is 2.97 bits per heavy atom. The summed E-state index contributed by atoms with van der Waals surface area (Å²) in [6, 6.07) is 5.78. The maximum absolute atomic E-state index is 12.5. The molecule has 1 aromatic carbocycles. The van der Waals surface area contributed by atoms with Crippen LogP contribution in [0.4, 0.5) is 5.69 Å². The molecule has 1 aliphatic heterocycles. The predicted octanol–water partition coefficient (Wildman–Crippen LogP) is 4.64. The number of amides is 1. The Balaban J connectivity index is 1.16. The number of fused-ring (bicyclic) bond motifs is 1. The topological polar surface area (TPSA) is 99.1 Å². The lowest BCUT2D eigenvalue weighted by atomic mass is 10.2. The average molecular weight is 500 g/mol. The number of thioether (sulfide) groups is 1. The number of hydrogen-bond acceptors (Lipinski definition) is 10. The molecule has 0 aliphatic carbocycles. The summed E-state index contributed by atoms with van der Waals surface area (Å²) in [5.74, 6) is 0.773. The number of nitrogens with one attached hydrogen (secondary N) is 1. The maximum Gasteiger partial charge on any atom is 0.230 e. The largest absolute Gasteiger partial charge is 0.353 e. The molecule has 1 fully saturated rings. The lowest BCUT2D eigenvalue weighted by Gasteiger charge is -2.22. The van der Waals surface area contributed by atoms with E-state index in [0.29, 0.717) is 11.4 Å². The minimum atomic E-state index is -0.114. The SMILES string of the molecule is O=C(Cc1csc(-c2cnccn2)n1)Nc1ccc2nc(SCCC3OCCCO3)sc2c1. The molecule has 0 spiro atoms. The molecule has 0 atom stereocenters. The number of benzene rings is 1. The minimum Gasteiger partial charge on any atom is -0.353 e. The molecule has 1 N–H and O–H groups in total. The van der Waals surface area contributed by atoms with Crippen molar-refractivity contribution in [2.24, 2.45) is 0 Å². The zero-order valence-corrected chi connectivity index (χ0v) is 20.0. The Morgan fingerprint density at radius 2 is 2.12 bits per heavy atom. The van der Waals surface area contributed by atoms with E-state index >= 15 is 0 Å². The quantitative estimate of drug-likeness (QED) is 0.350. The summed E-state index contributed by atoms with van der Waals surface area (Å²) < 4.78 is 13.2. The van der Waals surface area contributed by atoms with E-state index in [-0.39, 0.29) is 18.6 Å². The van der Waals surface area contributed by atoms with Gasteiger partial charge in [-0.25, -0.2) is 9.97 Å². The van der Waals surface area contributed by atoms with Crippen molar-refractivity contribution in [1.29, 1.82) is 0 Å². The molecular weight excluding hydrogens is 478 g/mol. The zero-order chi connectivity index (χ0) is 22.5. The first-order chi connectivity index (χ1) is 16.2. The van der Waals surface area contributed by atoms with E-state index in [1.807, 2.05) is 23.6 Å². The molecule has 1 amide bonds. The molecule has 0 bridgehead atoms. The van der Waals surface area contributed by atoms with Crippen LogP contribution in [0.5, 0.6) is 0 Å². The number of anilines is 1. The maximum atomic E-state index is 12.5. The summed E-state index contributed by atoms with van der Waals surface area (Å²) in [6.07, 6.45) is 6.82. The fourth-order valence-electron chi connectivity index (χ4n) is 3.27. The van der Waals surface area contributed by atoms with E-state index < -0.39 is 0 Å². The van der Waals surface area contributed by atoms with Crippen LogP contribution in [0.1, 0.15) is 18.5 Å². The summed E-state index contributed by atoms with van der Waals surface area (Å²) in [7, 11) is 0. The van der Waals surface area contributed by atoms with Crippen LogP contribution < -0.4 is 5.32 Å². The Kier molecular flexibility index (Phi) is 7.22. The van der Waals surface area contributed by atoms with Gasteiger partial charge in [0.05, 0.1) is 41.7 Å². The third-order valence-corrected chi connectivity index (χ3v) is 7.91. The molecule has 0 saturated carbocycles. The van der Waals surface area contributed by atoms with Gasteiger partial charge in [0, 0.05) is 35.6 Å². The lowest BCUT2D eigenvalue weighted by Crippen LogP contribution is -2.25. The highest BCUT2D eigenvalue weighted by molar-refractivity contribution is 8.01. The second-order valence-corrected chi connectivity index (χ2v) is 10.5. The zero-order valence-electron chi connectivity index (χ0n) is 17.6. The monoisotopic (exact) mass is 499 g/mol. The summed E-state index contributed by atoms with van der Waals surface area (Å²) in [4.78, 5) is 30.0. The van der Waals surface area contributed by atoms with Crippen LogP contribution >= 0.6 is 34.4 Å². The molecule has 3 aromatic heterocycles. The highest BCUT2D eigenvalue weighted by atomic mass is 32.2. The molecule has 0 unspecified atom stereocenters. The van der Waals surface area contributed by atoms with Gasteiger partial charge in [0.1, 0.15) is 10.7 Å². The molecule has 8 nitrogen and oxygen atoms in total. The number of hydrogen-bond donors (Lipinski definition) is 1. The van der Waals surface area contributed by atoms with E-state index in [4.69, 9.17) is 9.47 Å². The Labute approximate surface area is 202 Å². The van der Waals surface area contributed by atoms with Crippen molar-refractivity contribution in [3.63, 3.8) is 0 Å². The van der Waals surface area contributed by atoms with E-state index in [2.05, 4.69) is 25.3 Å².